The van der Waals surface area contributed by atoms with Gasteiger partial charge in [-0.25, -0.2) is 9.71 Å². The number of aryl methyl sites for hydroxylation is 4. The minimum absolute atomic E-state index is 0.238. The van der Waals surface area contributed by atoms with Gasteiger partial charge in [-0.3, -0.25) is 4.79 Å². The van der Waals surface area contributed by atoms with Crippen LogP contribution in [-0.2, 0) is 35.7 Å². The highest BCUT2D eigenvalue weighted by molar-refractivity contribution is 7.90. The molecule has 0 saturated carbocycles. The molecule has 1 aliphatic carbocycles. The van der Waals surface area contributed by atoms with Crippen LogP contribution in [0.1, 0.15) is 112 Å². The zero-order valence-corrected chi connectivity index (χ0v) is 35.7. The molecule has 1 aliphatic heterocycles. The Hall–Kier alpha value is -5.42. The lowest BCUT2D eigenvalue weighted by atomic mass is 9.90. The van der Waals surface area contributed by atoms with Gasteiger partial charge < -0.3 is 9.73 Å². The molecule has 1 heterocycles. The molecule has 4 aromatic carbocycles. The zero-order chi connectivity index (χ0) is 42.9. The summed E-state index contributed by atoms with van der Waals surface area (Å²) in [6.45, 7) is 8.68. The van der Waals surface area contributed by atoms with Gasteiger partial charge in [0.2, 0.25) is 0 Å². The maximum absolute atomic E-state index is 13.5. The van der Waals surface area contributed by atoms with Gasteiger partial charge in [0, 0.05) is 45.6 Å². The van der Waals surface area contributed by atoms with E-state index in [4.69, 9.17) is 9.41 Å². The van der Waals surface area contributed by atoms with Gasteiger partial charge in [-0.05, 0) is 110 Å². The number of nitrogens with one attached hydrogen (secondary N) is 2. The second-order valence-corrected chi connectivity index (χ2v) is 17.0. The number of hydrogen-bond acceptors (Lipinski definition) is 6. The van der Waals surface area contributed by atoms with Crippen molar-refractivity contribution in [3.05, 3.63) is 130 Å². The summed E-state index contributed by atoms with van der Waals surface area (Å²) in [6.07, 6.45) is 12.0. The molecule has 0 spiro atoms. The van der Waals surface area contributed by atoms with Crippen LogP contribution in [0.2, 0.25) is 0 Å². The minimum Gasteiger partial charge on any atom is -0.456 e. The quantitative estimate of drug-likeness (QED) is 0.0840. The smallest absolute Gasteiger partial charge is 0.456 e. The van der Waals surface area contributed by atoms with Crippen LogP contribution in [0.25, 0.3) is 33.4 Å². The molecule has 0 atom stereocenters. The number of fused-ring (bicyclic) bond motifs is 2. The van der Waals surface area contributed by atoms with Gasteiger partial charge in [-0.15, -0.1) is 0 Å². The highest BCUT2D eigenvalue weighted by Gasteiger charge is 2.47. The van der Waals surface area contributed by atoms with Gasteiger partial charge in [0.05, 0.1) is 11.0 Å². The Morgan fingerprint density at radius 2 is 1.23 bits per heavy atom. The first-order valence-corrected chi connectivity index (χ1v) is 22.6. The number of anilines is 2. The van der Waals surface area contributed by atoms with Crippen LogP contribution in [-0.4, -0.2) is 19.8 Å². The molecule has 0 radical (unpaired) electrons. The number of alkyl halides is 3. The van der Waals surface area contributed by atoms with Crippen LogP contribution in [0.4, 0.5) is 30.2 Å². The summed E-state index contributed by atoms with van der Waals surface area (Å²) >= 11 is 0. The number of sulfonamides is 1. The van der Waals surface area contributed by atoms with E-state index in [1.54, 1.807) is 12.1 Å². The summed E-state index contributed by atoms with van der Waals surface area (Å²) in [6, 6.07) is 30.0. The van der Waals surface area contributed by atoms with Crippen molar-refractivity contribution in [3.8, 4) is 22.5 Å². The second kappa shape index (κ2) is 19.8. The van der Waals surface area contributed by atoms with Gasteiger partial charge >= 0.3 is 15.5 Å². The van der Waals surface area contributed by atoms with Gasteiger partial charge in [0.25, 0.3) is 5.91 Å². The van der Waals surface area contributed by atoms with E-state index in [1.165, 1.54) is 39.1 Å². The van der Waals surface area contributed by atoms with Gasteiger partial charge in [0.1, 0.15) is 11.3 Å². The molecule has 0 aromatic heterocycles. The fourth-order valence-electron chi connectivity index (χ4n) is 7.61. The van der Waals surface area contributed by atoms with E-state index in [2.05, 4.69) is 69.4 Å². The molecule has 2 N–H and O–H groups in total. The summed E-state index contributed by atoms with van der Waals surface area (Å²) < 4.78 is 72.6. The monoisotopic (exact) mass is 837 g/mol. The topological polar surface area (TPSA) is 101 Å². The molecule has 2 aliphatic rings. The fraction of sp³-hybridized carbons (Fsp3) is 0.347. The van der Waals surface area contributed by atoms with Crippen molar-refractivity contribution in [2.24, 2.45) is 4.99 Å². The first kappa shape index (κ1) is 44.1. The van der Waals surface area contributed by atoms with Crippen LogP contribution in [0.15, 0.2) is 106 Å². The Morgan fingerprint density at radius 3 is 1.82 bits per heavy atom. The number of hydrogen-bond donors (Lipinski definition) is 2. The number of benzene rings is 5. The zero-order valence-electron chi connectivity index (χ0n) is 34.8. The molecule has 7 nitrogen and oxygen atoms in total. The van der Waals surface area contributed by atoms with Crippen molar-refractivity contribution in [3.63, 3.8) is 0 Å². The Morgan fingerprint density at radius 1 is 0.667 bits per heavy atom. The Kier molecular flexibility index (Phi) is 14.5. The van der Waals surface area contributed by atoms with Crippen molar-refractivity contribution in [1.82, 2.24) is 4.72 Å². The summed E-state index contributed by atoms with van der Waals surface area (Å²) in [7, 11) is -5.98. The molecule has 0 unspecified atom stereocenters. The SMILES string of the molecule is CCCCc1cccc(CCCC)c1/N=c1\ccc2c(-c3ccccc3C(=O)NS(=O)(=O)C(F)(F)F)c3ccc(Nc4c(CCCC)cccc4CCCC)cc3oc-2c1. The fourth-order valence-corrected chi connectivity index (χ4v) is 8.08. The number of unbranched alkanes of at least 4 members (excludes halogenated alkanes) is 4. The van der Waals surface area contributed by atoms with E-state index < -0.39 is 21.4 Å². The summed E-state index contributed by atoms with van der Waals surface area (Å²) in [5.74, 6) is -0.969. The number of nitrogens with zero attached hydrogens (tertiary/aromatic N) is 1. The predicted octanol–water partition coefficient (Wildman–Crippen LogP) is 13.1. The molecular weight excluding hydrogens is 784 g/mol. The molecule has 0 fully saturated rings. The van der Waals surface area contributed by atoms with Gasteiger partial charge in [0.15, 0.2) is 0 Å². The van der Waals surface area contributed by atoms with Gasteiger partial charge in [-0.2, -0.15) is 21.6 Å². The standard InChI is InChI=1S/C49H54F3N3O4S/c1-5-9-17-33-21-15-22-34(18-10-6-2)46(33)53-37-27-29-41-43(31-37)59-44-32-38(54-47-35(19-11-7-3)23-16-24-36(47)20-12-8-4)28-30-42(44)45(41)39-25-13-14-26-40(39)48(56)55-60(57,58)49(50,51)52/h13-16,21-32,53H,5-12,17-20H2,1-4H3,(H,55,56)/b54-38+. The number of amides is 1. The third-order valence-electron chi connectivity index (χ3n) is 10.8. The van der Waals surface area contributed by atoms with Crippen molar-refractivity contribution in [2.75, 3.05) is 5.32 Å². The molecule has 4 aromatic rings. The summed E-state index contributed by atoms with van der Waals surface area (Å²) in [5, 5.41) is 4.93. The lowest BCUT2D eigenvalue weighted by Crippen LogP contribution is -2.40. The van der Waals surface area contributed by atoms with Crippen LogP contribution >= 0.6 is 0 Å². The van der Waals surface area contributed by atoms with E-state index in [9.17, 15) is 26.4 Å². The maximum Gasteiger partial charge on any atom is 0.516 e. The first-order chi connectivity index (χ1) is 28.9. The Labute approximate surface area is 351 Å². The average Bonchev–Trinajstić information content (AvgIpc) is 3.23. The lowest BCUT2D eigenvalue weighted by Gasteiger charge is -2.20. The molecule has 316 valence electrons. The van der Waals surface area contributed by atoms with E-state index in [0.29, 0.717) is 33.2 Å². The van der Waals surface area contributed by atoms with Crippen LogP contribution < -0.4 is 15.4 Å². The van der Waals surface area contributed by atoms with Gasteiger partial charge in [-0.1, -0.05) is 108 Å². The molecule has 0 bridgehead atoms. The minimum atomic E-state index is -5.98. The van der Waals surface area contributed by atoms with Crippen molar-refractivity contribution < 1.29 is 30.8 Å². The van der Waals surface area contributed by atoms with E-state index >= 15 is 0 Å². The lowest BCUT2D eigenvalue weighted by molar-refractivity contribution is -0.0446. The normalized spacial score (nSPS) is 12.3. The average molecular weight is 838 g/mol. The third-order valence-corrected chi connectivity index (χ3v) is 11.9. The number of carbonyl (C=O) groups is 1. The largest absolute Gasteiger partial charge is 0.516 e. The Bertz CT molecular complexity index is 2550. The summed E-state index contributed by atoms with van der Waals surface area (Å²) in [5.41, 5.74) is 3.39. The van der Waals surface area contributed by atoms with Crippen molar-refractivity contribution in [2.45, 2.75) is 110 Å². The molecule has 60 heavy (non-hydrogen) atoms. The van der Waals surface area contributed by atoms with Crippen LogP contribution in [0, 0.1) is 0 Å². The number of para-hydroxylation sites is 2. The van der Waals surface area contributed by atoms with Crippen molar-refractivity contribution in [1.29, 1.82) is 0 Å². The molecular formula is C49H54F3N3O4S. The Balaban J connectivity index is 1.58. The maximum atomic E-state index is 13.5. The third kappa shape index (κ3) is 10.1. The molecule has 11 heteroatoms. The molecule has 1 amide bonds. The van der Waals surface area contributed by atoms with Crippen LogP contribution in [0.5, 0.6) is 0 Å². The number of carbonyl (C=O) groups excluding carboxylic acids is 1. The van der Waals surface area contributed by atoms with Crippen molar-refractivity contribution >= 4 is 44.0 Å². The molecule has 6 rings (SSSR count). The van der Waals surface area contributed by atoms with Crippen LogP contribution in [0.3, 0.4) is 0 Å². The second-order valence-electron chi connectivity index (χ2n) is 15.3. The van der Waals surface area contributed by atoms with E-state index in [0.717, 1.165) is 94.1 Å². The highest BCUT2D eigenvalue weighted by Crippen LogP contribution is 2.43. The predicted molar refractivity (Wildman–Crippen MR) is 237 cm³/mol. The van der Waals surface area contributed by atoms with E-state index in [1.807, 2.05) is 36.4 Å². The first-order valence-electron chi connectivity index (χ1n) is 21.2. The highest BCUT2D eigenvalue weighted by atomic mass is 32.2. The number of rotatable bonds is 18. The summed E-state index contributed by atoms with van der Waals surface area (Å²) in [4.78, 5) is 18.7. The number of halogens is 3. The van der Waals surface area contributed by atoms with E-state index in [-0.39, 0.29) is 11.1 Å². The molecule has 0 saturated heterocycles.